The quantitative estimate of drug-likeness (QED) is 0.387. The minimum Gasteiger partial charge on any atom is -0.361 e. The lowest BCUT2D eigenvalue weighted by atomic mass is 10.1. The molecule has 1 unspecified atom stereocenters. The van der Waals surface area contributed by atoms with Crippen LogP contribution in [0.1, 0.15) is 19.3 Å². The number of aromatic nitrogens is 3. The predicted molar refractivity (Wildman–Crippen MR) is 124 cm³/mol. The van der Waals surface area contributed by atoms with E-state index in [0.29, 0.717) is 49.7 Å². The maximum Gasteiger partial charge on any atom is 0.401 e. The summed E-state index contributed by atoms with van der Waals surface area (Å²) < 4.78 is 45.6. The summed E-state index contributed by atoms with van der Waals surface area (Å²) in [5.74, 6) is 0.303. The van der Waals surface area contributed by atoms with E-state index in [2.05, 4.69) is 40.2 Å². The monoisotopic (exact) mass is 486 g/mol. The Bertz CT molecular complexity index is 931. The van der Waals surface area contributed by atoms with Gasteiger partial charge in [0.1, 0.15) is 12.2 Å². The number of urea groups is 1. The number of nitrogens with zero attached hydrogens (tertiary/aromatic N) is 4. The van der Waals surface area contributed by atoms with Crippen molar-refractivity contribution < 1.29 is 22.7 Å². The minimum absolute atomic E-state index is 0.171. The molecule has 184 valence electrons. The first-order valence-electron chi connectivity index (χ1n) is 11.3. The van der Waals surface area contributed by atoms with Crippen molar-refractivity contribution in [2.24, 2.45) is 0 Å². The summed E-state index contributed by atoms with van der Waals surface area (Å²) in [5, 5.41) is 5.33. The number of halogens is 3. The summed E-state index contributed by atoms with van der Waals surface area (Å²) in [6, 6.07) is 2.26. The zero-order valence-electron chi connectivity index (χ0n) is 19.4. The van der Waals surface area contributed by atoms with Crippen molar-refractivity contribution in [1.29, 1.82) is 0 Å². The second-order valence-electron chi connectivity index (χ2n) is 9.65. The van der Waals surface area contributed by atoms with E-state index in [1.165, 1.54) is 11.1 Å². The van der Waals surface area contributed by atoms with Gasteiger partial charge in [0.15, 0.2) is 11.5 Å². The Kier molecular flexibility index (Phi) is 8.35. The van der Waals surface area contributed by atoms with Gasteiger partial charge in [0.25, 0.3) is 0 Å². The van der Waals surface area contributed by atoms with Crippen LogP contribution in [0.25, 0.3) is 11.2 Å². The molecule has 0 bridgehead atoms. The number of amides is 2. The van der Waals surface area contributed by atoms with Crippen molar-refractivity contribution in [3.63, 3.8) is 0 Å². The van der Waals surface area contributed by atoms with Gasteiger partial charge < -0.3 is 14.6 Å². The molecule has 0 aromatic carbocycles. The van der Waals surface area contributed by atoms with E-state index in [1.807, 2.05) is 16.8 Å². The first-order chi connectivity index (χ1) is 15.5. The van der Waals surface area contributed by atoms with E-state index in [1.54, 1.807) is 0 Å². The van der Waals surface area contributed by atoms with Crippen molar-refractivity contribution in [2.45, 2.75) is 63.9 Å². The van der Waals surface area contributed by atoms with Crippen LogP contribution < -0.4 is 10.6 Å². The molecule has 33 heavy (non-hydrogen) atoms. The van der Waals surface area contributed by atoms with Crippen LogP contribution in [0.3, 0.4) is 0 Å². The molecule has 0 saturated carbocycles. The molecule has 2 aromatic heterocycles. The normalized spacial score (nSPS) is 17.6. The van der Waals surface area contributed by atoms with Crippen LogP contribution in [0, 0.1) is 0 Å². The third kappa shape index (κ3) is 8.27. The molecule has 2 aromatic rings. The number of alkyl halides is 3. The number of carbonyl (C=O) groups is 1. The molecule has 0 spiro atoms. The number of nitrogens with one attached hydrogen (secondary N) is 2. The highest BCUT2D eigenvalue weighted by molar-refractivity contribution is 6.76. The van der Waals surface area contributed by atoms with Crippen LogP contribution in [0.5, 0.6) is 0 Å². The number of ether oxygens (including phenoxy) is 1. The summed E-state index contributed by atoms with van der Waals surface area (Å²) in [7, 11) is -1.14. The molecule has 1 atom stereocenters. The van der Waals surface area contributed by atoms with Crippen molar-refractivity contribution in [3.8, 4) is 0 Å². The maximum atomic E-state index is 12.7. The number of carbonyl (C=O) groups excluding carboxylic acids is 1. The second-order valence-corrected chi connectivity index (χ2v) is 15.3. The molecular formula is C21H33F3N6O2Si. The van der Waals surface area contributed by atoms with Gasteiger partial charge in [-0.15, -0.1) is 0 Å². The fraction of sp³-hybridized carbons (Fsp3) is 0.667. The molecule has 8 nitrogen and oxygen atoms in total. The molecule has 1 saturated heterocycles. The number of anilines is 1. The van der Waals surface area contributed by atoms with Crippen molar-refractivity contribution in [2.75, 3.05) is 31.6 Å². The molecule has 12 heteroatoms. The standard InChI is InChI=1S/C21H33F3N6O2Si/c1-33(2,3)12-11-32-15-30-10-7-17-19(30)26-13-18(27-17)28-20(31)25-8-6-16-5-4-9-29(16)14-21(22,23)24/h7,10,13,16H,4-6,8-9,11-12,14-15H2,1-3H3,(H2,25,27,28,31). The number of hydrogen-bond acceptors (Lipinski definition) is 5. The first-order valence-corrected chi connectivity index (χ1v) is 15.0. The molecule has 1 aliphatic rings. The fourth-order valence-corrected chi connectivity index (χ4v) is 4.60. The topological polar surface area (TPSA) is 84.3 Å². The van der Waals surface area contributed by atoms with Gasteiger partial charge in [-0.3, -0.25) is 10.2 Å². The van der Waals surface area contributed by atoms with Crippen molar-refractivity contribution in [1.82, 2.24) is 24.8 Å². The molecule has 0 radical (unpaired) electrons. The molecule has 1 aliphatic heterocycles. The Labute approximate surface area is 192 Å². The van der Waals surface area contributed by atoms with E-state index in [9.17, 15) is 18.0 Å². The Hall–Kier alpha value is -2.18. The molecule has 3 rings (SSSR count). The Morgan fingerprint density at radius 1 is 1.33 bits per heavy atom. The van der Waals surface area contributed by atoms with Gasteiger partial charge in [-0.2, -0.15) is 13.2 Å². The van der Waals surface area contributed by atoms with Crippen LogP contribution in [0.4, 0.5) is 23.8 Å². The number of fused-ring (bicyclic) bond motifs is 1. The van der Waals surface area contributed by atoms with E-state index >= 15 is 0 Å². The van der Waals surface area contributed by atoms with Crippen LogP contribution in [0.2, 0.25) is 25.7 Å². The first kappa shape index (κ1) is 25.4. The highest BCUT2D eigenvalue weighted by Gasteiger charge is 2.35. The smallest absolute Gasteiger partial charge is 0.361 e. The average molecular weight is 487 g/mol. The third-order valence-electron chi connectivity index (χ3n) is 5.58. The van der Waals surface area contributed by atoms with Gasteiger partial charge in [-0.1, -0.05) is 19.6 Å². The van der Waals surface area contributed by atoms with E-state index in [4.69, 9.17) is 4.74 Å². The van der Waals surface area contributed by atoms with Crippen LogP contribution in [0.15, 0.2) is 18.5 Å². The minimum atomic E-state index is -4.20. The fourth-order valence-electron chi connectivity index (χ4n) is 3.84. The number of rotatable bonds is 10. The highest BCUT2D eigenvalue weighted by atomic mass is 28.3. The predicted octanol–water partition coefficient (Wildman–Crippen LogP) is 4.28. The van der Waals surface area contributed by atoms with Crippen LogP contribution in [-0.4, -0.2) is 72.0 Å². The largest absolute Gasteiger partial charge is 0.401 e. The Balaban J connectivity index is 1.44. The molecule has 2 amide bonds. The number of hydrogen-bond donors (Lipinski definition) is 2. The SMILES string of the molecule is C[Si](C)(C)CCOCn1ccc2nc(NC(=O)NCCC3CCCN3CC(F)(F)F)cnc21. The number of likely N-dealkylation sites (tertiary alicyclic amines) is 1. The summed E-state index contributed by atoms with van der Waals surface area (Å²) in [6.07, 6.45) is 1.03. The second kappa shape index (κ2) is 10.8. The van der Waals surface area contributed by atoms with Gasteiger partial charge in [-0.25, -0.2) is 14.8 Å². The lowest BCUT2D eigenvalue weighted by molar-refractivity contribution is -0.147. The van der Waals surface area contributed by atoms with Crippen LogP contribution in [-0.2, 0) is 11.5 Å². The summed E-state index contributed by atoms with van der Waals surface area (Å²) in [5.41, 5.74) is 1.30. The van der Waals surface area contributed by atoms with E-state index in [-0.39, 0.29) is 12.6 Å². The van der Waals surface area contributed by atoms with Crippen LogP contribution >= 0.6 is 0 Å². The maximum absolute atomic E-state index is 12.7. The molecule has 2 N–H and O–H groups in total. The molecular weight excluding hydrogens is 453 g/mol. The summed E-state index contributed by atoms with van der Waals surface area (Å²) in [4.78, 5) is 22.4. The van der Waals surface area contributed by atoms with Gasteiger partial charge in [-0.05, 0) is 37.9 Å². The van der Waals surface area contributed by atoms with E-state index < -0.39 is 26.8 Å². The Morgan fingerprint density at radius 2 is 2.12 bits per heavy atom. The van der Waals surface area contributed by atoms with E-state index in [0.717, 1.165) is 12.5 Å². The summed E-state index contributed by atoms with van der Waals surface area (Å²) in [6.45, 7) is 7.82. The zero-order valence-corrected chi connectivity index (χ0v) is 20.4. The summed E-state index contributed by atoms with van der Waals surface area (Å²) >= 11 is 0. The van der Waals surface area contributed by atoms with Gasteiger partial charge in [0, 0.05) is 33.5 Å². The van der Waals surface area contributed by atoms with Crippen molar-refractivity contribution in [3.05, 3.63) is 18.5 Å². The van der Waals surface area contributed by atoms with Gasteiger partial charge in [0.05, 0.1) is 12.7 Å². The highest BCUT2D eigenvalue weighted by Crippen LogP contribution is 2.25. The third-order valence-corrected chi connectivity index (χ3v) is 7.28. The van der Waals surface area contributed by atoms with Crippen molar-refractivity contribution >= 4 is 31.1 Å². The lowest BCUT2D eigenvalue weighted by Gasteiger charge is -2.25. The molecule has 3 heterocycles. The molecule has 1 fully saturated rings. The average Bonchev–Trinajstić information content (AvgIpc) is 3.30. The zero-order chi connectivity index (χ0) is 24.1. The molecule has 0 aliphatic carbocycles. The van der Waals surface area contributed by atoms with Gasteiger partial charge >= 0.3 is 12.2 Å². The lowest BCUT2D eigenvalue weighted by Crippen LogP contribution is -2.40. The Morgan fingerprint density at radius 3 is 2.85 bits per heavy atom. The van der Waals surface area contributed by atoms with Gasteiger partial charge in [0.2, 0.25) is 0 Å².